The number of hydrogen-bond donors (Lipinski definition) is 1. The van der Waals surface area contributed by atoms with E-state index in [1.54, 1.807) is 18.2 Å². The van der Waals surface area contributed by atoms with E-state index >= 15 is 0 Å². The second kappa shape index (κ2) is 11.2. The predicted molar refractivity (Wildman–Crippen MR) is 133 cm³/mol. The summed E-state index contributed by atoms with van der Waals surface area (Å²) in [6, 6.07) is 22.6. The molecule has 0 aliphatic heterocycles. The van der Waals surface area contributed by atoms with Crippen LogP contribution in [0.25, 0.3) is 11.0 Å². The highest BCUT2D eigenvalue weighted by Crippen LogP contribution is 2.19. The van der Waals surface area contributed by atoms with Gasteiger partial charge >= 0.3 is 0 Å². The van der Waals surface area contributed by atoms with E-state index in [9.17, 15) is 4.79 Å². The number of fused-ring (bicyclic) bond motifs is 1. The third kappa shape index (κ3) is 6.06. The molecule has 0 aliphatic carbocycles. The fourth-order valence-corrected chi connectivity index (χ4v) is 4.03. The van der Waals surface area contributed by atoms with Crippen LogP contribution in [0.2, 0.25) is 10.0 Å². The molecule has 0 spiro atoms. The standard InChI is InChI=1S/C26H25Cl2N3O2/c27-19-11-13-20(14-12-19)33-18-6-5-17-31-24-10-4-3-9-23(24)30-25(31)15-16-29-26(32)21-7-1-2-8-22(21)28/h1-4,7-14H,5-6,15-18H2,(H,29,32). The maximum Gasteiger partial charge on any atom is 0.252 e. The summed E-state index contributed by atoms with van der Waals surface area (Å²) in [6.45, 7) is 1.95. The number of para-hydroxylation sites is 2. The molecule has 0 bridgehead atoms. The Balaban J connectivity index is 1.33. The van der Waals surface area contributed by atoms with Crippen LogP contribution < -0.4 is 10.1 Å². The van der Waals surface area contributed by atoms with Gasteiger partial charge in [0.2, 0.25) is 0 Å². The topological polar surface area (TPSA) is 56.2 Å². The highest BCUT2D eigenvalue weighted by Gasteiger charge is 2.12. The molecule has 0 fully saturated rings. The molecule has 1 aromatic heterocycles. The van der Waals surface area contributed by atoms with Crippen LogP contribution >= 0.6 is 23.2 Å². The molecule has 0 aliphatic rings. The molecule has 0 saturated heterocycles. The molecular weight excluding hydrogens is 457 g/mol. The maximum absolute atomic E-state index is 12.4. The number of hydrogen-bond acceptors (Lipinski definition) is 3. The van der Waals surface area contributed by atoms with E-state index in [2.05, 4.69) is 16.0 Å². The first kappa shape index (κ1) is 23.1. The second-order valence-corrected chi connectivity index (χ2v) is 8.51. The number of rotatable bonds is 10. The van der Waals surface area contributed by atoms with Crippen molar-refractivity contribution in [2.75, 3.05) is 13.2 Å². The van der Waals surface area contributed by atoms with E-state index in [-0.39, 0.29) is 5.91 Å². The molecular formula is C26H25Cl2N3O2. The van der Waals surface area contributed by atoms with Crippen molar-refractivity contribution in [2.24, 2.45) is 0 Å². The summed E-state index contributed by atoms with van der Waals surface area (Å²) in [5, 5.41) is 4.10. The van der Waals surface area contributed by atoms with E-state index in [0.717, 1.165) is 42.0 Å². The van der Waals surface area contributed by atoms with E-state index < -0.39 is 0 Å². The van der Waals surface area contributed by atoms with Crippen molar-refractivity contribution in [1.82, 2.24) is 14.9 Å². The Morgan fingerprint density at radius 2 is 1.70 bits per heavy atom. The minimum Gasteiger partial charge on any atom is -0.494 e. The Kier molecular flexibility index (Phi) is 7.87. The highest BCUT2D eigenvalue weighted by atomic mass is 35.5. The van der Waals surface area contributed by atoms with E-state index in [1.807, 2.05) is 48.5 Å². The summed E-state index contributed by atoms with van der Waals surface area (Å²) in [6.07, 6.45) is 2.50. The van der Waals surface area contributed by atoms with Crippen molar-refractivity contribution in [3.63, 3.8) is 0 Å². The molecule has 0 atom stereocenters. The Hall–Kier alpha value is -3.02. The molecule has 1 heterocycles. The number of halogens is 2. The maximum atomic E-state index is 12.4. The minimum atomic E-state index is -0.178. The lowest BCUT2D eigenvalue weighted by molar-refractivity contribution is 0.0954. The summed E-state index contributed by atoms with van der Waals surface area (Å²) < 4.78 is 8.03. The van der Waals surface area contributed by atoms with Gasteiger partial charge in [0.05, 0.1) is 28.2 Å². The molecule has 0 radical (unpaired) electrons. The average molecular weight is 482 g/mol. The zero-order valence-corrected chi connectivity index (χ0v) is 19.6. The number of carbonyl (C=O) groups excluding carboxylic acids is 1. The molecule has 4 rings (SSSR count). The van der Waals surface area contributed by atoms with Crippen LogP contribution in [0.1, 0.15) is 29.0 Å². The second-order valence-electron chi connectivity index (χ2n) is 7.66. The van der Waals surface area contributed by atoms with Crippen LogP contribution in [0, 0.1) is 0 Å². The zero-order chi connectivity index (χ0) is 23.0. The molecule has 5 nitrogen and oxygen atoms in total. The van der Waals surface area contributed by atoms with Gasteiger partial charge in [-0.3, -0.25) is 4.79 Å². The Morgan fingerprint density at radius 3 is 2.52 bits per heavy atom. The minimum absolute atomic E-state index is 0.178. The van der Waals surface area contributed by atoms with Crippen molar-refractivity contribution >= 4 is 40.1 Å². The van der Waals surface area contributed by atoms with Gasteiger partial charge in [-0.2, -0.15) is 0 Å². The largest absolute Gasteiger partial charge is 0.494 e. The van der Waals surface area contributed by atoms with Crippen molar-refractivity contribution in [1.29, 1.82) is 0 Å². The highest BCUT2D eigenvalue weighted by molar-refractivity contribution is 6.33. The molecule has 4 aromatic rings. The monoisotopic (exact) mass is 481 g/mol. The van der Waals surface area contributed by atoms with Gasteiger partial charge in [0.15, 0.2) is 0 Å². The van der Waals surface area contributed by atoms with Gasteiger partial charge in [-0.15, -0.1) is 0 Å². The van der Waals surface area contributed by atoms with E-state index in [4.69, 9.17) is 32.9 Å². The van der Waals surface area contributed by atoms with Crippen LogP contribution in [0.3, 0.4) is 0 Å². The fourth-order valence-electron chi connectivity index (χ4n) is 3.69. The van der Waals surface area contributed by atoms with Gasteiger partial charge in [0, 0.05) is 24.5 Å². The number of ether oxygens (including phenoxy) is 1. The van der Waals surface area contributed by atoms with Gasteiger partial charge in [-0.25, -0.2) is 4.98 Å². The number of aryl methyl sites for hydroxylation is 1. The van der Waals surface area contributed by atoms with Gasteiger partial charge < -0.3 is 14.6 Å². The number of amides is 1. The molecule has 170 valence electrons. The van der Waals surface area contributed by atoms with Gasteiger partial charge in [-0.05, 0) is 61.4 Å². The zero-order valence-electron chi connectivity index (χ0n) is 18.1. The lowest BCUT2D eigenvalue weighted by Crippen LogP contribution is -2.26. The number of carbonyl (C=O) groups is 1. The number of unbranched alkanes of at least 4 members (excludes halogenated alkanes) is 1. The number of benzene rings is 3. The summed E-state index contributed by atoms with van der Waals surface area (Å²) in [5.41, 5.74) is 2.54. The molecule has 1 amide bonds. The summed E-state index contributed by atoms with van der Waals surface area (Å²) in [5.74, 6) is 1.60. The number of imidazole rings is 1. The molecule has 3 aromatic carbocycles. The lowest BCUT2D eigenvalue weighted by atomic mass is 10.2. The van der Waals surface area contributed by atoms with Gasteiger partial charge in [0.1, 0.15) is 11.6 Å². The Bertz CT molecular complexity index is 1220. The van der Waals surface area contributed by atoms with Crippen molar-refractivity contribution in [2.45, 2.75) is 25.8 Å². The molecule has 7 heteroatoms. The number of aromatic nitrogens is 2. The van der Waals surface area contributed by atoms with Crippen LogP contribution in [0.5, 0.6) is 5.75 Å². The molecule has 1 N–H and O–H groups in total. The third-order valence-corrected chi connectivity index (χ3v) is 5.93. The van der Waals surface area contributed by atoms with Crippen LogP contribution in [-0.4, -0.2) is 28.6 Å². The SMILES string of the molecule is O=C(NCCc1nc2ccccc2n1CCCCOc1ccc(Cl)cc1)c1ccccc1Cl. The lowest BCUT2D eigenvalue weighted by Gasteiger charge is -2.11. The third-order valence-electron chi connectivity index (χ3n) is 5.34. The van der Waals surface area contributed by atoms with Crippen molar-refractivity contribution < 1.29 is 9.53 Å². The molecule has 0 saturated carbocycles. The van der Waals surface area contributed by atoms with Crippen molar-refractivity contribution in [3.8, 4) is 5.75 Å². The van der Waals surface area contributed by atoms with Gasteiger partial charge in [0.25, 0.3) is 5.91 Å². The first-order valence-electron chi connectivity index (χ1n) is 11.0. The van der Waals surface area contributed by atoms with Crippen LogP contribution in [-0.2, 0) is 13.0 Å². The molecule has 33 heavy (non-hydrogen) atoms. The fraction of sp³-hybridized carbons (Fsp3) is 0.231. The molecule has 0 unspecified atom stereocenters. The van der Waals surface area contributed by atoms with Crippen LogP contribution in [0.4, 0.5) is 0 Å². The smallest absolute Gasteiger partial charge is 0.252 e. The quantitative estimate of drug-likeness (QED) is 0.275. The Morgan fingerprint density at radius 1 is 0.939 bits per heavy atom. The van der Waals surface area contributed by atoms with Crippen LogP contribution in [0.15, 0.2) is 72.8 Å². The first-order valence-corrected chi connectivity index (χ1v) is 11.7. The van der Waals surface area contributed by atoms with E-state index in [0.29, 0.717) is 35.2 Å². The predicted octanol–water partition coefficient (Wildman–Crippen LogP) is 6.17. The first-order chi connectivity index (χ1) is 16.1. The van der Waals surface area contributed by atoms with E-state index in [1.165, 1.54) is 0 Å². The summed E-state index contributed by atoms with van der Waals surface area (Å²) in [4.78, 5) is 17.2. The average Bonchev–Trinajstić information content (AvgIpc) is 3.17. The van der Waals surface area contributed by atoms with Gasteiger partial charge in [-0.1, -0.05) is 47.5 Å². The summed E-state index contributed by atoms with van der Waals surface area (Å²) in [7, 11) is 0. The normalized spacial score (nSPS) is 11.0. The Labute approximate surface area is 203 Å². The number of nitrogens with one attached hydrogen (secondary N) is 1. The number of nitrogens with zero attached hydrogens (tertiary/aromatic N) is 2. The summed E-state index contributed by atoms with van der Waals surface area (Å²) >= 11 is 12.0. The van der Waals surface area contributed by atoms with Crippen molar-refractivity contribution in [3.05, 3.63) is 94.2 Å².